The van der Waals surface area contributed by atoms with Crippen LogP contribution in [0.5, 0.6) is 0 Å². The van der Waals surface area contributed by atoms with Crippen molar-refractivity contribution in [1.29, 1.82) is 0 Å². The Morgan fingerprint density at radius 3 is 2.24 bits per heavy atom. The van der Waals surface area contributed by atoms with E-state index in [1.807, 2.05) is 18.2 Å². The number of nitrogens with one attached hydrogen (secondary N) is 2. The highest BCUT2D eigenvalue weighted by Gasteiger charge is 2.38. The van der Waals surface area contributed by atoms with Crippen LogP contribution in [0.1, 0.15) is 34.5 Å². The Balaban J connectivity index is 0.000000616. The average Bonchev–Trinajstić information content (AvgIpc) is 2.93. The number of carboxylic acids is 1. The fourth-order valence-corrected chi connectivity index (χ4v) is 4.24. The summed E-state index contributed by atoms with van der Waals surface area (Å²) in [5.41, 5.74) is 1.79. The van der Waals surface area contributed by atoms with Gasteiger partial charge in [0.1, 0.15) is 0 Å². The lowest BCUT2D eigenvalue weighted by molar-refractivity contribution is -0.192. The first-order valence-corrected chi connectivity index (χ1v) is 12.8. The van der Waals surface area contributed by atoms with E-state index in [-0.39, 0.29) is 5.56 Å². The van der Waals surface area contributed by atoms with E-state index in [0.717, 1.165) is 43.0 Å². The maximum absolute atomic E-state index is 13.0. The molecule has 4 rings (SSSR count). The molecule has 2 aromatic carbocycles. The summed E-state index contributed by atoms with van der Waals surface area (Å²) in [5.74, 6) is -2.68. The van der Waals surface area contributed by atoms with Crippen molar-refractivity contribution in [3.63, 3.8) is 0 Å². The summed E-state index contributed by atoms with van der Waals surface area (Å²) in [4.78, 5) is 23.7. The molecule has 8 nitrogen and oxygen atoms in total. The summed E-state index contributed by atoms with van der Waals surface area (Å²) < 4.78 is 70.6. The number of hydrogen-bond acceptors (Lipinski definition) is 6. The van der Waals surface area contributed by atoms with Crippen LogP contribution in [0.2, 0.25) is 0 Å². The number of rotatable bonds is 7. The number of halogens is 6. The zero-order valence-electron chi connectivity index (χ0n) is 22.5. The van der Waals surface area contributed by atoms with Gasteiger partial charge in [0.2, 0.25) is 0 Å². The predicted molar refractivity (Wildman–Crippen MR) is 142 cm³/mol. The number of amides is 1. The second kappa shape index (κ2) is 14.2. The fourth-order valence-electron chi connectivity index (χ4n) is 4.24. The van der Waals surface area contributed by atoms with Gasteiger partial charge in [0.25, 0.3) is 5.91 Å². The van der Waals surface area contributed by atoms with Crippen molar-refractivity contribution in [2.45, 2.75) is 31.7 Å². The monoisotopic (exact) mass is 597 g/mol. The average molecular weight is 598 g/mol. The van der Waals surface area contributed by atoms with Crippen LogP contribution in [-0.4, -0.2) is 64.9 Å². The van der Waals surface area contributed by atoms with E-state index < -0.39 is 29.8 Å². The van der Waals surface area contributed by atoms with Crippen molar-refractivity contribution < 1.29 is 41.0 Å². The Labute approximate surface area is 237 Å². The molecule has 3 aromatic rings. The first-order valence-electron chi connectivity index (χ1n) is 12.8. The minimum Gasteiger partial charge on any atom is -0.475 e. The molecule has 1 aliphatic rings. The maximum atomic E-state index is 13.0. The van der Waals surface area contributed by atoms with E-state index in [4.69, 9.17) is 9.90 Å². The van der Waals surface area contributed by atoms with Crippen molar-refractivity contribution in [2.24, 2.45) is 5.92 Å². The van der Waals surface area contributed by atoms with Gasteiger partial charge in [-0.1, -0.05) is 18.2 Å². The highest BCUT2D eigenvalue weighted by Crippen LogP contribution is 2.30. The van der Waals surface area contributed by atoms with Gasteiger partial charge in [-0.25, -0.2) is 4.79 Å². The Hall–Kier alpha value is -4.04. The number of aromatic nitrogens is 2. The van der Waals surface area contributed by atoms with E-state index in [2.05, 4.69) is 32.8 Å². The molecular formula is C28H29F6N5O3. The number of benzene rings is 2. The number of alkyl halides is 6. The third-order valence-corrected chi connectivity index (χ3v) is 6.29. The Kier molecular flexibility index (Phi) is 11.0. The molecule has 0 radical (unpaired) electrons. The van der Waals surface area contributed by atoms with Crippen LogP contribution < -0.4 is 10.6 Å². The minimum atomic E-state index is -5.08. The predicted octanol–water partition coefficient (Wildman–Crippen LogP) is 5.48. The van der Waals surface area contributed by atoms with E-state index in [1.54, 1.807) is 18.2 Å². The Morgan fingerprint density at radius 1 is 0.976 bits per heavy atom. The number of carbonyl (C=O) groups is 2. The standard InChI is InChI=1S/C26H28F3N5O.C2HF3O2/c1-34(16-18-10-12-30-13-11-18)17-23-8-9-24(33-32-23)19-4-3-7-22(15-19)31-25(35)20-5-2-6-21(14-20)26(27,28)29;3-2(4,5)1(6)7/h2-9,14-15,18,30H,10-13,16-17H2,1H3,(H,31,35);(H,6,7). The fraction of sp³-hybridized carbons (Fsp3) is 0.357. The van der Waals surface area contributed by atoms with Gasteiger partial charge in [-0.2, -0.15) is 36.5 Å². The molecule has 0 aliphatic carbocycles. The third kappa shape index (κ3) is 10.1. The molecule has 42 heavy (non-hydrogen) atoms. The molecule has 0 unspecified atom stereocenters. The number of carbonyl (C=O) groups excluding carboxylic acids is 1. The van der Waals surface area contributed by atoms with Crippen molar-refractivity contribution in [2.75, 3.05) is 32.0 Å². The van der Waals surface area contributed by atoms with E-state index in [0.29, 0.717) is 23.8 Å². The molecule has 0 atom stereocenters. The quantitative estimate of drug-likeness (QED) is 0.310. The van der Waals surface area contributed by atoms with E-state index in [1.165, 1.54) is 25.0 Å². The molecule has 0 bridgehead atoms. The van der Waals surface area contributed by atoms with Crippen molar-refractivity contribution in [3.8, 4) is 11.3 Å². The lowest BCUT2D eigenvalue weighted by atomic mass is 9.98. The van der Waals surface area contributed by atoms with Crippen LogP contribution in [0.3, 0.4) is 0 Å². The summed E-state index contributed by atoms with van der Waals surface area (Å²) >= 11 is 0. The van der Waals surface area contributed by atoms with Gasteiger partial charge in [0, 0.05) is 29.9 Å². The second-order valence-electron chi connectivity index (χ2n) is 9.72. The van der Waals surface area contributed by atoms with Gasteiger partial charge in [-0.05, 0) is 81.4 Å². The van der Waals surface area contributed by atoms with Crippen molar-refractivity contribution in [3.05, 3.63) is 77.5 Å². The van der Waals surface area contributed by atoms with Crippen LogP contribution in [0.15, 0.2) is 60.7 Å². The van der Waals surface area contributed by atoms with Gasteiger partial charge in [0.05, 0.1) is 17.0 Å². The van der Waals surface area contributed by atoms with Crippen molar-refractivity contribution >= 4 is 17.6 Å². The zero-order chi connectivity index (χ0) is 30.9. The van der Waals surface area contributed by atoms with Gasteiger partial charge in [-0.3, -0.25) is 4.79 Å². The molecule has 1 fully saturated rings. The molecular weight excluding hydrogens is 568 g/mol. The normalized spacial score (nSPS) is 14.2. The van der Waals surface area contributed by atoms with E-state index in [9.17, 15) is 31.1 Å². The summed E-state index contributed by atoms with van der Waals surface area (Å²) in [6.07, 6.45) is -7.21. The van der Waals surface area contributed by atoms with Crippen LogP contribution >= 0.6 is 0 Å². The third-order valence-electron chi connectivity index (χ3n) is 6.29. The maximum Gasteiger partial charge on any atom is 0.490 e. The number of piperidine rings is 1. The molecule has 14 heteroatoms. The van der Waals surface area contributed by atoms with E-state index >= 15 is 0 Å². The van der Waals surface area contributed by atoms with Gasteiger partial charge in [-0.15, -0.1) is 0 Å². The highest BCUT2D eigenvalue weighted by atomic mass is 19.4. The van der Waals surface area contributed by atoms with Gasteiger partial charge >= 0.3 is 18.3 Å². The largest absolute Gasteiger partial charge is 0.490 e. The molecule has 1 amide bonds. The van der Waals surface area contributed by atoms with Crippen molar-refractivity contribution in [1.82, 2.24) is 20.4 Å². The second-order valence-corrected chi connectivity index (χ2v) is 9.72. The lowest BCUT2D eigenvalue weighted by Crippen LogP contribution is -2.34. The molecule has 0 saturated carbocycles. The molecule has 226 valence electrons. The van der Waals surface area contributed by atoms with Crippen LogP contribution in [0.4, 0.5) is 32.0 Å². The summed E-state index contributed by atoms with van der Waals surface area (Å²) in [7, 11) is 2.09. The number of nitrogens with zero attached hydrogens (tertiary/aromatic N) is 3. The van der Waals surface area contributed by atoms with Gasteiger partial charge in [0.15, 0.2) is 0 Å². The minimum absolute atomic E-state index is 0.0667. The SMILES string of the molecule is CN(Cc1ccc(-c2cccc(NC(=O)c3cccc(C(F)(F)F)c3)c2)nn1)CC1CCNCC1.O=C(O)C(F)(F)F. The summed E-state index contributed by atoms with van der Waals surface area (Å²) in [6.45, 7) is 3.89. The first kappa shape index (κ1) is 32.5. The van der Waals surface area contributed by atoms with Gasteiger partial charge < -0.3 is 20.6 Å². The number of carboxylic acid groups (broad SMARTS) is 1. The smallest absolute Gasteiger partial charge is 0.475 e. The molecule has 1 aliphatic heterocycles. The molecule has 0 spiro atoms. The number of hydrogen-bond donors (Lipinski definition) is 3. The van der Waals surface area contributed by atoms with Crippen LogP contribution in [-0.2, 0) is 17.5 Å². The number of anilines is 1. The zero-order valence-corrected chi connectivity index (χ0v) is 22.5. The molecule has 3 N–H and O–H groups in total. The molecule has 1 saturated heterocycles. The topological polar surface area (TPSA) is 107 Å². The lowest BCUT2D eigenvalue weighted by Gasteiger charge is -2.27. The van der Waals surface area contributed by atoms with Crippen LogP contribution in [0.25, 0.3) is 11.3 Å². The first-order chi connectivity index (χ1) is 19.7. The molecule has 2 heterocycles. The Bertz CT molecular complexity index is 1340. The Morgan fingerprint density at radius 2 is 1.64 bits per heavy atom. The molecule has 1 aromatic heterocycles. The summed E-state index contributed by atoms with van der Waals surface area (Å²) in [5, 5.41) is 21.9. The highest BCUT2D eigenvalue weighted by molar-refractivity contribution is 6.04. The van der Waals surface area contributed by atoms with Crippen LogP contribution in [0, 0.1) is 5.92 Å². The number of aliphatic carboxylic acids is 1. The summed E-state index contributed by atoms with van der Waals surface area (Å²) in [6, 6.07) is 15.1.